The van der Waals surface area contributed by atoms with Gasteiger partial charge in [0.2, 0.25) is 0 Å². The number of aromatic nitrogens is 2. The molecule has 0 fully saturated rings. The highest BCUT2D eigenvalue weighted by molar-refractivity contribution is 7.17. The van der Waals surface area contributed by atoms with Gasteiger partial charge in [-0.1, -0.05) is 30.3 Å². The first-order valence-electron chi connectivity index (χ1n) is 8.85. The third kappa shape index (κ3) is 2.62. The van der Waals surface area contributed by atoms with E-state index in [1.54, 1.807) is 6.20 Å². The van der Waals surface area contributed by atoms with Crippen LogP contribution in [0.25, 0.3) is 21.3 Å². The molecule has 5 rings (SSSR count). The van der Waals surface area contributed by atoms with Gasteiger partial charge in [0.1, 0.15) is 0 Å². The smallest absolute Gasteiger partial charge is 0.0929 e. The van der Waals surface area contributed by atoms with Gasteiger partial charge in [-0.2, -0.15) is 10.2 Å². The molecule has 3 nitrogen and oxygen atoms in total. The second kappa shape index (κ2) is 6.31. The molecule has 4 aromatic rings. The maximum Gasteiger partial charge on any atom is 0.0929 e. The quantitative estimate of drug-likeness (QED) is 0.509. The molecule has 1 aliphatic heterocycles. The number of hydrogen-bond acceptors (Lipinski definition) is 4. The first kappa shape index (κ1) is 15.7. The van der Waals surface area contributed by atoms with Crippen molar-refractivity contribution in [3.63, 3.8) is 0 Å². The van der Waals surface area contributed by atoms with Crippen LogP contribution >= 0.6 is 11.3 Å². The Balaban J connectivity index is 1.64. The lowest BCUT2D eigenvalue weighted by Gasteiger charge is -2.33. The van der Waals surface area contributed by atoms with Crippen LogP contribution in [-0.2, 0) is 6.54 Å². The highest BCUT2D eigenvalue weighted by Gasteiger charge is 2.26. The summed E-state index contributed by atoms with van der Waals surface area (Å²) in [7, 11) is 2.21. The van der Waals surface area contributed by atoms with E-state index in [-0.39, 0.29) is 0 Å². The largest absolute Gasteiger partial charge is 0.301 e. The molecule has 0 amide bonds. The van der Waals surface area contributed by atoms with Crippen LogP contribution in [0.5, 0.6) is 0 Å². The van der Waals surface area contributed by atoms with Crippen LogP contribution in [-0.4, -0.2) is 28.7 Å². The van der Waals surface area contributed by atoms with Crippen LogP contribution in [0.15, 0.2) is 66.2 Å². The van der Waals surface area contributed by atoms with Crippen LogP contribution in [0.4, 0.5) is 0 Å². The highest BCUT2D eigenvalue weighted by Crippen LogP contribution is 2.39. The molecular formula is C22H19N3S. The highest BCUT2D eigenvalue weighted by atomic mass is 32.1. The average Bonchev–Trinajstić information content (AvgIpc) is 3.16. The molecule has 26 heavy (non-hydrogen) atoms. The van der Waals surface area contributed by atoms with E-state index in [1.165, 1.54) is 26.8 Å². The topological polar surface area (TPSA) is 29.0 Å². The molecule has 2 aromatic carbocycles. The van der Waals surface area contributed by atoms with Crippen molar-refractivity contribution in [1.29, 1.82) is 0 Å². The van der Waals surface area contributed by atoms with Crippen molar-refractivity contribution >= 4 is 21.4 Å². The van der Waals surface area contributed by atoms with Gasteiger partial charge in [0.05, 0.1) is 5.69 Å². The van der Waals surface area contributed by atoms with Crippen molar-refractivity contribution in [3.8, 4) is 11.3 Å². The molecule has 4 heteroatoms. The lowest BCUT2D eigenvalue weighted by atomic mass is 9.83. The van der Waals surface area contributed by atoms with E-state index in [4.69, 9.17) is 0 Å². The molecular weight excluding hydrogens is 338 g/mol. The Hall–Kier alpha value is -2.56. The van der Waals surface area contributed by atoms with Gasteiger partial charge in [0.25, 0.3) is 0 Å². The second-order valence-corrected chi connectivity index (χ2v) is 7.87. The lowest BCUT2D eigenvalue weighted by Crippen LogP contribution is -2.31. The Morgan fingerprint density at radius 3 is 2.88 bits per heavy atom. The Bertz CT molecular complexity index is 1070. The summed E-state index contributed by atoms with van der Waals surface area (Å²) in [6.45, 7) is 2.02. The maximum atomic E-state index is 4.27. The van der Waals surface area contributed by atoms with Gasteiger partial charge in [-0.3, -0.25) is 0 Å². The summed E-state index contributed by atoms with van der Waals surface area (Å²) in [5.41, 5.74) is 6.34. The number of hydrogen-bond donors (Lipinski definition) is 0. The minimum Gasteiger partial charge on any atom is -0.301 e. The number of nitrogens with zero attached hydrogens (tertiary/aromatic N) is 3. The van der Waals surface area contributed by atoms with E-state index < -0.39 is 0 Å². The molecule has 3 heterocycles. The van der Waals surface area contributed by atoms with Crippen LogP contribution in [0, 0.1) is 0 Å². The number of likely N-dealkylation sites (N-methyl/N-ethyl adjacent to an activating group) is 1. The van der Waals surface area contributed by atoms with E-state index in [1.807, 2.05) is 23.5 Å². The first-order chi connectivity index (χ1) is 12.8. The number of rotatable bonds is 2. The van der Waals surface area contributed by atoms with E-state index in [0.29, 0.717) is 5.92 Å². The van der Waals surface area contributed by atoms with E-state index in [9.17, 15) is 0 Å². The second-order valence-electron chi connectivity index (χ2n) is 6.96. The molecule has 2 aromatic heterocycles. The minimum atomic E-state index is 0.405. The Morgan fingerprint density at radius 1 is 1.04 bits per heavy atom. The van der Waals surface area contributed by atoms with Gasteiger partial charge in [0, 0.05) is 35.5 Å². The summed E-state index contributed by atoms with van der Waals surface area (Å²) in [5, 5.41) is 11.8. The number of benzene rings is 2. The van der Waals surface area contributed by atoms with Gasteiger partial charge < -0.3 is 4.90 Å². The zero-order valence-corrected chi connectivity index (χ0v) is 15.4. The van der Waals surface area contributed by atoms with Gasteiger partial charge in [0.15, 0.2) is 0 Å². The van der Waals surface area contributed by atoms with Crippen molar-refractivity contribution in [3.05, 3.63) is 82.9 Å². The van der Waals surface area contributed by atoms with E-state index >= 15 is 0 Å². The molecule has 128 valence electrons. The van der Waals surface area contributed by atoms with Gasteiger partial charge in [-0.05, 0) is 58.8 Å². The average molecular weight is 357 g/mol. The van der Waals surface area contributed by atoms with E-state index in [0.717, 1.165) is 24.3 Å². The summed E-state index contributed by atoms with van der Waals surface area (Å²) in [5.74, 6) is 0.405. The molecule has 0 N–H and O–H groups in total. The molecule has 1 aliphatic rings. The third-order valence-corrected chi connectivity index (χ3v) is 6.19. The summed E-state index contributed by atoms with van der Waals surface area (Å²) in [6.07, 6.45) is 1.72. The molecule has 0 aliphatic carbocycles. The Kier molecular flexibility index (Phi) is 3.80. The van der Waals surface area contributed by atoms with Crippen molar-refractivity contribution in [2.45, 2.75) is 12.5 Å². The zero-order chi connectivity index (χ0) is 17.5. The normalized spacial score (nSPS) is 17.3. The Morgan fingerprint density at radius 2 is 2.00 bits per heavy atom. The molecule has 1 atom stereocenters. The third-order valence-electron chi connectivity index (χ3n) is 5.21. The first-order valence-corrected chi connectivity index (χ1v) is 9.73. The van der Waals surface area contributed by atoms with Crippen molar-refractivity contribution < 1.29 is 0 Å². The Labute approximate surface area is 156 Å². The fraction of sp³-hybridized carbons (Fsp3) is 0.182. The molecule has 0 radical (unpaired) electrons. The van der Waals surface area contributed by atoms with Crippen molar-refractivity contribution in [1.82, 2.24) is 15.1 Å². The molecule has 0 spiro atoms. The van der Waals surface area contributed by atoms with Crippen LogP contribution in [0.1, 0.15) is 22.6 Å². The predicted molar refractivity (Wildman–Crippen MR) is 107 cm³/mol. The van der Waals surface area contributed by atoms with Crippen LogP contribution < -0.4 is 0 Å². The van der Waals surface area contributed by atoms with Crippen molar-refractivity contribution in [2.75, 3.05) is 13.6 Å². The standard InChI is InChI=1S/C22H19N3S/c1-25-13-17-12-16(21-6-3-10-23-24-21)7-8-18(17)20(14-25)19-5-2-4-15-9-11-26-22(15)19/h2-12,20H,13-14H2,1H3. The SMILES string of the molecule is CN1Cc2cc(-c3cccnn3)ccc2C(c2cccc3ccsc23)C1. The van der Waals surface area contributed by atoms with E-state index in [2.05, 4.69) is 70.0 Å². The molecule has 0 saturated heterocycles. The fourth-order valence-corrected chi connectivity index (χ4v) is 4.99. The van der Waals surface area contributed by atoms with Gasteiger partial charge >= 0.3 is 0 Å². The number of fused-ring (bicyclic) bond motifs is 2. The summed E-state index contributed by atoms with van der Waals surface area (Å²) in [6, 6.07) is 19.6. The summed E-state index contributed by atoms with van der Waals surface area (Å²) in [4.78, 5) is 2.42. The lowest BCUT2D eigenvalue weighted by molar-refractivity contribution is 0.296. The number of thiophene rings is 1. The molecule has 0 saturated carbocycles. The fourth-order valence-electron chi connectivity index (χ4n) is 4.02. The maximum absolute atomic E-state index is 4.27. The van der Waals surface area contributed by atoms with Crippen LogP contribution in [0.3, 0.4) is 0 Å². The molecule has 0 bridgehead atoms. The van der Waals surface area contributed by atoms with Crippen LogP contribution in [0.2, 0.25) is 0 Å². The predicted octanol–water partition coefficient (Wildman–Crippen LogP) is 4.94. The minimum absolute atomic E-state index is 0.405. The monoisotopic (exact) mass is 357 g/mol. The summed E-state index contributed by atoms with van der Waals surface area (Å²) >= 11 is 1.85. The van der Waals surface area contributed by atoms with Gasteiger partial charge in [-0.25, -0.2) is 0 Å². The summed E-state index contributed by atoms with van der Waals surface area (Å²) < 4.78 is 1.41. The van der Waals surface area contributed by atoms with Gasteiger partial charge in [-0.15, -0.1) is 11.3 Å². The molecule has 1 unspecified atom stereocenters. The van der Waals surface area contributed by atoms with Crippen molar-refractivity contribution in [2.24, 2.45) is 0 Å². The zero-order valence-electron chi connectivity index (χ0n) is 14.6.